The monoisotopic (exact) mass is 191 g/mol. The fourth-order valence-electron chi connectivity index (χ4n) is 1.52. The van der Waals surface area contributed by atoms with Gasteiger partial charge in [-0.25, -0.2) is 4.98 Å². The van der Waals surface area contributed by atoms with Crippen LogP contribution >= 0.6 is 0 Å². The van der Waals surface area contributed by atoms with E-state index < -0.39 is 0 Å². The summed E-state index contributed by atoms with van der Waals surface area (Å²) in [5.74, 6) is 0.00509. The van der Waals surface area contributed by atoms with Crippen LogP contribution in [0.15, 0.2) is 11.3 Å². The number of carbonyl (C=O) groups excluding carboxylic acids is 1. The summed E-state index contributed by atoms with van der Waals surface area (Å²) in [4.78, 5) is 19.6. The van der Waals surface area contributed by atoms with Crippen LogP contribution in [0.25, 0.3) is 0 Å². The molecule has 4 heteroatoms. The third-order valence-electron chi connectivity index (χ3n) is 2.24. The molecule has 0 atom stereocenters. The molecule has 1 aromatic heterocycles. The molecule has 1 aliphatic heterocycles. The van der Waals surface area contributed by atoms with Crippen molar-refractivity contribution >= 4 is 12.0 Å². The van der Waals surface area contributed by atoms with Gasteiger partial charge in [0.2, 0.25) is 5.78 Å². The number of aromatic nitrogens is 2. The highest BCUT2D eigenvalue weighted by Gasteiger charge is 2.24. The molecule has 1 aromatic rings. The lowest BCUT2D eigenvalue weighted by molar-refractivity contribution is 0.0996. The van der Waals surface area contributed by atoms with Gasteiger partial charge in [-0.2, -0.15) is 0 Å². The highest BCUT2D eigenvalue weighted by atomic mass is 16.1. The average molecular weight is 191 g/mol. The molecular weight excluding hydrogens is 178 g/mol. The van der Waals surface area contributed by atoms with Crippen LogP contribution in [0.2, 0.25) is 0 Å². The lowest BCUT2D eigenvalue weighted by Crippen LogP contribution is -2.25. The fourth-order valence-corrected chi connectivity index (χ4v) is 1.52. The number of Topliss-reactive ketones (excluding diaryl/α,β-unsaturated/α-hetero) is 1. The van der Waals surface area contributed by atoms with E-state index in [1.165, 1.54) is 0 Å². The van der Waals surface area contributed by atoms with Gasteiger partial charge < -0.3 is 4.57 Å². The summed E-state index contributed by atoms with van der Waals surface area (Å²) in [6, 6.07) is 0. The van der Waals surface area contributed by atoms with Crippen LogP contribution in [0, 0.1) is 0 Å². The average Bonchev–Trinajstić information content (AvgIpc) is 2.47. The minimum absolute atomic E-state index is 0.00509. The number of ketones is 1. The predicted molar refractivity (Wildman–Crippen MR) is 54.0 cm³/mol. The zero-order chi connectivity index (χ0) is 10.3. The van der Waals surface area contributed by atoms with Gasteiger partial charge in [0.05, 0.1) is 12.0 Å². The van der Waals surface area contributed by atoms with Crippen molar-refractivity contribution < 1.29 is 4.79 Å². The van der Waals surface area contributed by atoms with Gasteiger partial charge in [0.1, 0.15) is 12.2 Å². The van der Waals surface area contributed by atoms with Gasteiger partial charge in [0.25, 0.3) is 0 Å². The van der Waals surface area contributed by atoms with Gasteiger partial charge in [-0.05, 0) is 20.8 Å². The molecule has 1 aliphatic rings. The third kappa shape index (κ3) is 1.27. The maximum atomic E-state index is 11.4. The largest absolute Gasteiger partial charge is 0.324 e. The molecule has 0 bridgehead atoms. The zero-order valence-corrected chi connectivity index (χ0v) is 8.61. The number of nitrogens with zero attached hydrogens (tertiary/aromatic N) is 3. The second-order valence-corrected chi connectivity index (χ2v) is 4.41. The van der Waals surface area contributed by atoms with Gasteiger partial charge in [0, 0.05) is 11.8 Å². The Hall–Kier alpha value is -1.45. The molecule has 2 rings (SSSR count). The van der Waals surface area contributed by atoms with Crippen molar-refractivity contribution in [3.8, 4) is 0 Å². The topological polar surface area (TPSA) is 47.2 Å². The van der Waals surface area contributed by atoms with Crippen LogP contribution in [0.3, 0.4) is 0 Å². The number of hydrogen-bond acceptors (Lipinski definition) is 3. The third-order valence-corrected chi connectivity index (χ3v) is 2.24. The Morgan fingerprint density at radius 3 is 2.79 bits per heavy atom. The van der Waals surface area contributed by atoms with Gasteiger partial charge in [0.15, 0.2) is 0 Å². The quantitative estimate of drug-likeness (QED) is 0.619. The number of fused-ring (bicyclic) bond motifs is 1. The Kier molecular flexibility index (Phi) is 1.80. The smallest absolute Gasteiger partial charge is 0.204 e. The summed E-state index contributed by atoms with van der Waals surface area (Å²) < 4.78 is 1.98. The Morgan fingerprint density at radius 2 is 2.14 bits per heavy atom. The molecular formula is C10H13N3O. The van der Waals surface area contributed by atoms with Crippen LogP contribution in [0.1, 0.15) is 37.0 Å². The summed E-state index contributed by atoms with van der Waals surface area (Å²) >= 11 is 0. The zero-order valence-electron chi connectivity index (χ0n) is 8.61. The Balaban J connectivity index is 2.59. The molecule has 2 heterocycles. The first kappa shape index (κ1) is 9.12. The van der Waals surface area contributed by atoms with E-state index in [2.05, 4.69) is 30.7 Å². The molecule has 0 radical (unpaired) electrons. The second kappa shape index (κ2) is 2.77. The molecule has 0 spiro atoms. The van der Waals surface area contributed by atoms with Crippen molar-refractivity contribution in [1.82, 2.24) is 9.55 Å². The summed E-state index contributed by atoms with van der Waals surface area (Å²) in [6.07, 6.45) is 3.44. The molecule has 74 valence electrons. The van der Waals surface area contributed by atoms with E-state index in [1.54, 1.807) is 12.5 Å². The fraction of sp³-hybridized carbons (Fsp3) is 0.500. The second-order valence-electron chi connectivity index (χ2n) is 4.41. The lowest BCUT2D eigenvalue weighted by atomic mass is 10.1. The molecule has 0 saturated heterocycles. The van der Waals surface area contributed by atoms with Crippen molar-refractivity contribution in [2.24, 2.45) is 4.99 Å². The standard InChI is InChI=1S/C10H13N3O/c1-10(2,3)13-6-12-9-7(13)4-11-5-8(9)14/h4,6H,5H2,1-3H3. The first-order chi connectivity index (χ1) is 6.50. The maximum Gasteiger partial charge on any atom is 0.204 e. The molecule has 0 aliphatic carbocycles. The molecule has 14 heavy (non-hydrogen) atoms. The van der Waals surface area contributed by atoms with E-state index in [0.29, 0.717) is 5.69 Å². The minimum atomic E-state index is -0.0653. The molecule has 0 saturated carbocycles. The van der Waals surface area contributed by atoms with Crippen molar-refractivity contribution in [2.75, 3.05) is 6.54 Å². The van der Waals surface area contributed by atoms with Crippen molar-refractivity contribution in [3.63, 3.8) is 0 Å². The highest BCUT2D eigenvalue weighted by molar-refractivity contribution is 6.05. The summed E-state index contributed by atoms with van der Waals surface area (Å²) in [5.41, 5.74) is 1.31. The van der Waals surface area contributed by atoms with E-state index in [0.717, 1.165) is 5.69 Å². The van der Waals surface area contributed by atoms with Crippen LogP contribution in [-0.4, -0.2) is 28.1 Å². The number of rotatable bonds is 0. The van der Waals surface area contributed by atoms with Gasteiger partial charge in [-0.1, -0.05) is 0 Å². The Labute approximate surface area is 82.7 Å². The first-order valence-corrected chi connectivity index (χ1v) is 4.61. The number of hydrogen-bond donors (Lipinski definition) is 0. The number of imidazole rings is 1. The van der Waals surface area contributed by atoms with E-state index in [-0.39, 0.29) is 17.9 Å². The van der Waals surface area contributed by atoms with E-state index in [4.69, 9.17) is 0 Å². The van der Waals surface area contributed by atoms with E-state index in [9.17, 15) is 4.79 Å². The van der Waals surface area contributed by atoms with Crippen LogP contribution in [-0.2, 0) is 5.54 Å². The highest BCUT2D eigenvalue weighted by Crippen LogP contribution is 2.20. The Bertz CT molecular complexity index is 409. The van der Waals surface area contributed by atoms with Crippen molar-refractivity contribution in [2.45, 2.75) is 26.3 Å². The van der Waals surface area contributed by atoms with Crippen molar-refractivity contribution in [3.05, 3.63) is 17.7 Å². The molecule has 0 unspecified atom stereocenters. The van der Waals surface area contributed by atoms with Gasteiger partial charge >= 0.3 is 0 Å². The summed E-state index contributed by atoms with van der Waals surface area (Å²) in [5, 5.41) is 0. The van der Waals surface area contributed by atoms with Crippen molar-refractivity contribution in [1.29, 1.82) is 0 Å². The normalized spacial score (nSPS) is 15.8. The lowest BCUT2D eigenvalue weighted by Gasteiger charge is -2.23. The molecule has 0 fully saturated rings. The van der Waals surface area contributed by atoms with Gasteiger partial charge in [-0.3, -0.25) is 9.79 Å². The first-order valence-electron chi connectivity index (χ1n) is 4.61. The van der Waals surface area contributed by atoms with Crippen LogP contribution < -0.4 is 0 Å². The van der Waals surface area contributed by atoms with Crippen LogP contribution in [0.4, 0.5) is 0 Å². The summed E-state index contributed by atoms with van der Waals surface area (Å²) in [7, 11) is 0. The number of carbonyl (C=O) groups is 1. The molecule has 4 nitrogen and oxygen atoms in total. The van der Waals surface area contributed by atoms with Gasteiger partial charge in [-0.15, -0.1) is 0 Å². The molecule has 0 amide bonds. The maximum absolute atomic E-state index is 11.4. The Morgan fingerprint density at radius 1 is 1.43 bits per heavy atom. The summed E-state index contributed by atoms with van der Waals surface area (Å²) in [6.45, 7) is 6.44. The SMILES string of the molecule is CC(C)(C)n1cnc2c1C=NCC2=O. The van der Waals surface area contributed by atoms with E-state index >= 15 is 0 Å². The molecule has 0 aromatic carbocycles. The predicted octanol–water partition coefficient (Wildman–Crippen LogP) is 1.25. The van der Waals surface area contributed by atoms with E-state index in [1.807, 2.05) is 4.57 Å². The number of aliphatic imine (C=N–C) groups is 1. The van der Waals surface area contributed by atoms with Crippen LogP contribution in [0.5, 0.6) is 0 Å². The molecule has 0 N–H and O–H groups in total. The minimum Gasteiger partial charge on any atom is -0.324 e.